The van der Waals surface area contributed by atoms with Gasteiger partial charge in [0.2, 0.25) is 0 Å². The van der Waals surface area contributed by atoms with Gasteiger partial charge < -0.3 is 0 Å². The van der Waals surface area contributed by atoms with Crippen molar-refractivity contribution in [2.24, 2.45) is 5.92 Å². The second-order valence-electron chi connectivity index (χ2n) is 4.51. The Bertz CT molecular complexity index is 392. The highest BCUT2D eigenvalue weighted by molar-refractivity contribution is 7.99. The molecule has 1 fully saturated rings. The quantitative estimate of drug-likeness (QED) is 0.620. The number of allylic oxidation sites excluding steroid dienone is 1. The van der Waals surface area contributed by atoms with Crippen molar-refractivity contribution in [2.45, 2.75) is 30.6 Å². The Kier molecular flexibility index (Phi) is 2.57. The summed E-state index contributed by atoms with van der Waals surface area (Å²) < 4.78 is 0. The van der Waals surface area contributed by atoms with Crippen molar-refractivity contribution < 1.29 is 0 Å². The predicted octanol–water partition coefficient (Wildman–Crippen LogP) is 4.37. The van der Waals surface area contributed by atoms with Crippen LogP contribution in [-0.4, -0.2) is 5.75 Å². The third-order valence-electron chi connectivity index (χ3n) is 3.49. The SMILES string of the molecule is C1=C2CCCCC2CSc2ccccc21. The van der Waals surface area contributed by atoms with Crippen molar-refractivity contribution in [3.8, 4) is 0 Å². The molecule has 0 amide bonds. The number of benzene rings is 1. The Labute approximate surface area is 95.8 Å². The molecule has 0 nitrogen and oxygen atoms in total. The molecule has 15 heavy (non-hydrogen) atoms. The highest BCUT2D eigenvalue weighted by Crippen LogP contribution is 2.39. The minimum atomic E-state index is 0.858. The number of hydrogen-bond donors (Lipinski definition) is 0. The van der Waals surface area contributed by atoms with Gasteiger partial charge in [-0.2, -0.15) is 0 Å². The number of rotatable bonds is 0. The molecule has 1 atom stereocenters. The topological polar surface area (TPSA) is 0 Å². The van der Waals surface area contributed by atoms with Gasteiger partial charge in [-0.1, -0.05) is 36.3 Å². The Morgan fingerprint density at radius 3 is 3.07 bits per heavy atom. The lowest BCUT2D eigenvalue weighted by Gasteiger charge is -2.23. The van der Waals surface area contributed by atoms with E-state index in [-0.39, 0.29) is 0 Å². The number of thioether (sulfide) groups is 1. The summed E-state index contributed by atoms with van der Waals surface area (Å²) in [6, 6.07) is 8.82. The monoisotopic (exact) mass is 216 g/mol. The van der Waals surface area contributed by atoms with Crippen LogP contribution in [-0.2, 0) is 0 Å². The van der Waals surface area contributed by atoms with E-state index in [4.69, 9.17) is 0 Å². The van der Waals surface area contributed by atoms with E-state index in [0.717, 1.165) is 5.92 Å². The van der Waals surface area contributed by atoms with Gasteiger partial charge in [0.1, 0.15) is 0 Å². The standard InChI is InChI=1S/C14H16S/c1-2-7-13-10-15-14-8-4-3-6-12(14)9-11(13)5-1/h3-4,6,8-9,13H,1-2,5,7,10H2. The fourth-order valence-corrected chi connectivity index (χ4v) is 3.84. The molecule has 1 heterocycles. The van der Waals surface area contributed by atoms with Crippen LogP contribution in [0, 0.1) is 5.92 Å². The zero-order valence-corrected chi connectivity index (χ0v) is 9.72. The lowest BCUT2D eigenvalue weighted by molar-refractivity contribution is 0.494. The van der Waals surface area contributed by atoms with Crippen molar-refractivity contribution in [3.63, 3.8) is 0 Å². The molecule has 0 spiro atoms. The smallest absolute Gasteiger partial charge is 0.0145 e. The summed E-state index contributed by atoms with van der Waals surface area (Å²) in [5.41, 5.74) is 3.15. The summed E-state index contributed by atoms with van der Waals surface area (Å²) in [6.45, 7) is 0. The molecule has 1 aromatic rings. The van der Waals surface area contributed by atoms with Crippen molar-refractivity contribution in [2.75, 3.05) is 5.75 Å². The first kappa shape index (κ1) is 9.53. The van der Waals surface area contributed by atoms with E-state index in [1.165, 1.54) is 41.9 Å². The number of hydrogen-bond acceptors (Lipinski definition) is 1. The van der Waals surface area contributed by atoms with Gasteiger partial charge in [0.15, 0.2) is 0 Å². The highest BCUT2D eigenvalue weighted by atomic mass is 32.2. The largest absolute Gasteiger partial charge is 0.125 e. The molecule has 1 heteroatoms. The summed E-state index contributed by atoms with van der Waals surface area (Å²) in [6.07, 6.45) is 8.03. The summed E-state index contributed by atoms with van der Waals surface area (Å²) in [4.78, 5) is 1.47. The molecule has 78 valence electrons. The second-order valence-corrected chi connectivity index (χ2v) is 5.57. The van der Waals surface area contributed by atoms with Crippen LogP contribution in [0.2, 0.25) is 0 Å². The maximum absolute atomic E-state index is 2.46. The first-order chi connectivity index (χ1) is 7.43. The molecule has 1 aliphatic heterocycles. The first-order valence-corrected chi connectivity index (χ1v) is 6.84. The molecule has 0 radical (unpaired) electrons. The Hall–Kier alpha value is -0.690. The molecule has 1 saturated carbocycles. The van der Waals surface area contributed by atoms with Gasteiger partial charge >= 0.3 is 0 Å². The molecular formula is C14H16S. The van der Waals surface area contributed by atoms with E-state index in [0.29, 0.717) is 0 Å². The maximum Gasteiger partial charge on any atom is 0.0145 e. The van der Waals surface area contributed by atoms with Crippen LogP contribution in [0.1, 0.15) is 31.2 Å². The predicted molar refractivity (Wildman–Crippen MR) is 67.1 cm³/mol. The molecular weight excluding hydrogens is 200 g/mol. The fourth-order valence-electron chi connectivity index (χ4n) is 2.61. The zero-order valence-electron chi connectivity index (χ0n) is 8.91. The fraction of sp³-hybridized carbons (Fsp3) is 0.429. The van der Waals surface area contributed by atoms with Gasteiger partial charge in [-0.15, -0.1) is 11.8 Å². The van der Waals surface area contributed by atoms with Crippen LogP contribution in [0.4, 0.5) is 0 Å². The van der Waals surface area contributed by atoms with Gasteiger partial charge in [0.25, 0.3) is 0 Å². The summed E-state index contributed by atoms with van der Waals surface area (Å²) in [5.74, 6) is 2.15. The third-order valence-corrected chi connectivity index (χ3v) is 4.74. The normalized spacial score (nSPS) is 24.8. The van der Waals surface area contributed by atoms with Crippen molar-refractivity contribution in [1.82, 2.24) is 0 Å². The van der Waals surface area contributed by atoms with Crippen molar-refractivity contribution >= 4 is 17.8 Å². The molecule has 0 aromatic heterocycles. The highest BCUT2D eigenvalue weighted by Gasteiger charge is 2.21. The summed E-state index contributed by atoms with van der Waals surface area (Å²) >= 11 is 2.04. The minimum Gasteiger partial charge on any atom is -0.125 e. The van der Waals surface area contributed by atoms with Gasteiger partial charge in [0.05, 0.1) is 0 Å². The number of fused-ring (bicyclic) bond motifs is 2. The van der Waals surface area contributed by atoms with E-state index in [1.54, 1.807) is 5.57 Å². The van der Waals surface area contributed by atoms with Crippen LogP contribution < -0.4 is 0 Å². The Morgan fingerprint density at radius 1 is 1.13 bits per heavy atom. The van der Waals surface area contributed by atoms with Gasteiger partial charge in [-0.05, 0) is 36.8 Å². The zero-order chi connectivity index (χ0) is 10.1. The van der Waals surface area contributed by atoms with Crippen molar-refractivity contribution in [1.29, 1.82) is 0 Å². The average molecular weight is 216 g/mol. The maximum atomic E-state index is 2.46. The second kappa shape index (κ2) is 4.05. The Balaban J connectivity index is 2.00. The van der Waals surface area contributed by atoms with Crippen LogP contribution in [0.15, 0.2) is 34.7 Å². The van der Waals surface area contributed by atoms with Gasteiger partial charge in [0, 0.05) is 10.6 Å². The molecule has 0 saturated heterocycles. The lowest BCUT2D eigenvalue weighted by Crippen LogP contribution is -2.11. The molecule has 1 unspecified atom stereocenters. The van der Waals surface area contributed by atoms with E-state index >= 15 is 0 Å². The van der Waals surface area contributed by atoms with Gasteiger partial charge in [-0.25, -0.2) is 0 Å². The first-order valence-electron chi connectivity index (χ1n) is 5.86. The van der Waals surface area contributed by atoms with E-state index in [9.17, 15) is 0 Å². The molecule has 1 aliphatic carbocycles. The Morgan fingerprint density at radius 2 is 2.07 bits per heavy atom. The molecule has 2 aliphatic rings. The van der Waals surface area contributed by atoms with E-state index < -0.39 is 0 Å². The summed E-state index contributed by atoms with van der Waals surface area (Å²) in [5, 5.41) is 0. The summed E-state index contributed by atoms with van der Waals surface area (Å²) in [7, 11) is 0. The molecule has 0 N–H and O–H groups in total. The average Bonchev–Trinajstić information content (AvgIpc) is 2.48. The van der Waals surface area contributed by atoms with E-state index in [2.05, 4.69) is 30.3 Å². The van der Waals surface area contributed by atoms with Crippen molar-refractivity contribution in [3.05, 3.63) is 35.4 Å². The molecule has 0 bridgehead atoms. The molecule has 3 rings (SSSR count). The van der Waals surface area contributed by atoms with Gasteiger partial charge in [-0.3, -0.25) is 0 Å². The van der Waals surface area contributed by atoms with Crippen LogP contribution >= 0.6 is 11.8 Å². The minimum absolute atomic E-state index is 0.858. The molecule has 1 aromatic carbocycles. The van der Waals surface area contributed by atoms with Crippen LogP contribution in [0.5, 0.6) is 0 Å². The third kappa shape index (κ3) is 1.85. The lowest BCUT2D eigenvalue weighted by atomic mass is 9.84. The van der Waals surface area contributed by atoms with Crippen LogP contribution in [0.3, 0.4) is 0 Å². The van der Waals surface area contributed by atoms with Crippen LogP contribution in [0.25, 0.3) is 6.08 Å². The van der Waals surface area contributed by atoms with E-state index in [1.807, 2.05) is 11.8 Å².